The number of carbonyl (C=O) groups is 4. The molecule has 4 aromatic rings. The normalized spacial score (nSPS) is 19.3. The van der Waals surface area contributed by atoms with Gasteiger partial charge in [0.1, 0.15) is 24.0 Å². The molecule has 2 aliphatic heterocycles. The van der Waals surface area contributed by atoms with E-state index in [4.69, 9.17) is 25.7 Å². The van der Waals surface area contributed by atoms with Crippen molar-refractivity contribution >= 4 is 54.1 Å². The number of aryl methyl sites for hydroxylation is 2. The summed E-state index contributed by atoms with van der Waals surface area (Å²) in [6, 6.07) is 4.34. The first-order chi connectivity index (χ1) is 28.4. The second-order valence-corrected chi connectivity index (χ2v) is 22.7. The van der Waals surface area contributed by atoms with Gasteiger partial charge in [0.05, 0.1) is 66.7 Å². The van der Waals surface area contributed by atoms with Gasteiger partial charge in [0.25, 0.3) is 0 Å². The Morgan fingerprint density at radius 2 is 1.33 bits per heavy atom. The van der Waals surface area contributed by atoms with Crippen molar-refractivity contribution in [3.8, 4) is 11.5 Å². The monoisotopic (exact) mass is 844 g/mol. The minimum atomic E-state index is -1.24. The predicted molar refractivity (Wildman–Crippen MR) is 231 cm³/mol. The van der Waals surface area contributed by atoms with Gasteiger partial charge in [0.2, 0.25) is 0 Å². The van der Waals surface area contributed by atoms with Gasteiger partial charge in [-0.15, -0.1) is 0 Å². The van der Waals surface area contributed by atoms with Crippen LogP contribution in [0.5, 0.6) is 11.5 Å². The molecule has 2 fully saturated rings. The summed E-state index contributed by atoms with van der Waals surface area (Å²) in [7, 11) is 1.94. The smallest absolute Gasteiger partial charge is 0.314 e. The van der Waals surface area contributed by atoms with Gasteiger partial charge in [-0.3, -0.25) is 29.1 Å². The number of pyridine rings is 3. The number of primary amides is 1. The van der Waals surface area contributed by atoms with E-state index < -0.39 is 31.7 Å². The first kappa shape index (κ1) is 45.5. The van der Waals surface area contributed by atoms with Crippen molar-refractivity contribution in [2.45, 2.75) is 97.9 Å². The summed E-state index contributed by atoms with van der Waals surface area (Å²) in [5.74, 6) is -0.686. The number of carbonyl (C=O) groups excluding carboxylic acids is 4. The Bertz CT molecular complexity index is 2190. The average molecular weight is 845 g/mol. The van der Waals surface area contributed by atoms with Gasteiger partial charge < -0.3 is 40.8 Å². The molecule has 18 heteroatoms. The number of nitrogens with one attached hydrogen (secondary N) is 1. The number of amides is 4. The van der Waals surface area contributed by atoms with E-state index in [0.29, 0.717) is 53.7 Å². The lowest BCUT2D eigenvalue weighted by atomic mass is 9.90. The van der Waals surface area contributed by atoms with E-state index in [-0.39, 0.29) is 30.6 Å². The number of ether oxygens (including phenoxy) is 3. The Labute approximate surface area is 352 Å². The van der Waals surface area contributed by atoms with E-state index in [9.17, 15) is 19.2 Å². The fourth-order valence-electron chi connectivity index (χ4n) is 7.57. The Morgan fingerprint density at radius 3 is 1.83 bits per heavy atom. The molecule has 0 unspecified atom stereocenters. The highest BCUT2D eigenvalue weighted by atomic mass is 28.3. The number of nitrogen functional groups attached to an aromatic ring is 1. The number of hydrogen-bond acceptors (Lipinski definition) is 12. The van der Waals surface area contributed by atoms with E-state index >= 15 is 0 Å². The summed E-state index contributed by atoms with van der Waals surface area (Å²) >= 11 is 0. The SMILES string of the molecule is COc1cc([C@H]2CC[C@H](C)CN2C(=O)C(=O)Nc2cnc(N)c3cnn(COCC[Si](C)(C)C)c23)cnc1C.COc1cc([C@H]2CC[C@H](C)CN2C(=O)C(N)=O)cnc1C. The minimum absolute atomic E-state index is 0.178. The summed E-state index contributed by atoms with van der Waals surface area (Å²) < 4.78 is 18.2. The topological polar surface area (TPSA) is 223 Å². The lowest BCUT2D eigenvalue weighted by Gasteiger charge is -2.38. The highest BCUT2D eigenvalue weighted by molar-refractivity contribution is 6.76. The number of hydrogen-bond donors (Lipinski definition) is 3. The van der Waals surface area contributed by atoms with E-state index in [1.54, 1.807) is 47.3 Å². The molecule has 4 atom stereocenters. The van der Waals surface area contributed by atoms with Crippen molar-refractivity contribution in [2.75, 3.05) is 45.0 Å². The summed E-state index contributed by atoms with van der Waals surface area (Å²) in [5, 5.41) is 7.75. The van der Waals surface area contributed by atoms with Crippen LogP contribution in [0.1, 0.15) is 74.1 Å². The van der Waals surface area contributed by atoms with Crippen LogP contribution in [0.2, 0.25) is 25.7 Å². The van der Waals surface area contributed by atoms with Gasteiger partial charge in [-0.25, -0.2) is 9.67 Å². The molecule has 17 nitrogen and oxygen atoms in total. The Hall–Kier alpha value is -5.62. The van der Waals surface area contributed by atoms with Crippen molar-refractivity contribution < 1.29 is 33.4 Å². The van der Waals surface area contributed by atoms with Crippen molar-refractivity contribution in [3.05, 3.63) is 59.4 Å². The fourth-order valence-corrected chi connectivity index (χ4v) is 8.33. The molecule has 5 N–H and O–H groups in total. The maximum absolute atomic E-state index is 13.6. The molecule has 4 amide bonds. The highest BCUT2D eigenvalue weighted by Gasteiger charge is 2.36. The Kier molecular flexibility index (Phi) is 14.9. The van der Waals surface area contributed by atoms with E-state index in [1.165, 1.54) is 6.20 Å². The standard InChI is InChI=1S/C27H39N7O4Si.C15H21N3O3/c1-17-7-8-22(19-11-23(37-3)18(2)29-12-19)33(15-17)27(36)26(35)32-21-14-30-25(28)20-13-31-34(24(20)21)16-38-9-10-39(4,5)6;1-9-4-5-12(18(8-9)15(20)14(16)19)11-6-13(21-3)10(2)17-7-11/h11-14,17,22H,7-10,15-16H2,1-6H3,(H2,28,30)(H,32,35);6-7,9,12H,4-5,8H2,1-3H3,(H2,16,19)/t17-,22+;9-,12+/m00/s1. The number of rotatable bonds is 10. The molecule has 0 spiro atoms. The zero-order valence-corrected chi connectivity index (χ0v) is 37.3. The molecule has 4 aromatic heterocycles. The summed E-state index contributed by atoms with van der Waals surface area (Å²) in [5.41, 5.74) is 15.4. The largest absolute Gasteiger partial charge is 0.495 e. The number of anilines is 2. The number of nitrogens with two attached hydrogens (primary N) is 2. The summed E-state index contributed by atoms with van der Waals surface area (Å²) in [6.45, 7) is 16.5. The summed E-state index contributed by atoms with van der Waals surface area (Å²) in [6.07, 6.45) is 9.97. The zero-order chi connectivity index (χ0) is 43.9. The van der Waals surface area contributed by atoms with Crippen molar-refractivity contribution in [1.29, 1.82) is 0 Å². The maximum atomic E-state index is 13.6. The fraction of sp³-hybridized carbons (Fsp3) is 0.524. The molecule has 2 saturated heterocycles. The number of aromatic nitrogens is 5. The quantitative estimate of drug-likeness (QED) is 0.107. The van der Waals surface area contributed by atoms with Crippen LogP contribution in [0.3, 0.4) is 0 Å². The first-order valence-electron chi connectivity index (χ1n) is 20.3. The number of nitrogens with zero attached hydrogens (tertiary/aromatic N) is 7. The lowest BCUT2D eigenvalue weighted by molar-refractivity contribution is -0.147. The molecular weight excluding hydrogens is 785 g/mol. The molecule has 324 valence electrons. The van der Waals surface area contributed by atoms with E-state index in [1.807, 2.05) is 26.0 Å². The summed E-state index contributed by atoms with van der Waals surface area (Å²) in [4.78, 5) is 66.3. The van der Waals surface area contributed by atoms with Crippen LogP contribution in [-0.2, 0) is 30.6 Å². The highest BCUT2D eigenvalue weighted by Crippen LogP contribution is 2.37. The van der Waals surface area contributed by atoms with Crippen LogP contribution in [0.15, 0.2) is 36.9 Å². The van der Waals surface area contributed by atoms with Crippen molar-refractivity contribution in [1.82, 2.24) is 34.5 Å². The zero-order valence-electron chi connectivity index (χ0n) is 36.3. The van der Waals surface area contributed by atoms with E-state index in [2.05, 4.69) is 58.9 Å². The molecule has 0 bridgehead atoms. The number of likely N-dealkylation sites (tertiary alicyclic amines) is 2. The van der Waals surface area contributed by atoms with Gasteiger partial charge >= 0.3 is 23.6 Å². The lowest BCUT2D eigenvalue weighted by Crippen LogP contribution is -2.46. The van der Waals surface area contributed by atoms with Gasteiger partial charge in [0, 0.05) is 40.2 Å². The van der Waals surface area contributed by atoms with Gasteiger partial charge in [-0.1, -0.05) is 33.5 Å². The molecule has 0 aliphatic carbocycles. The molecular formula is C42H60N10O7Si. The molecule has 2 aliphatic rings. The van der Waals surface area contributed by atoms with Crippen molar-refractivity contribution in [2.24, 2.45) is 17.6 Å². The first-order valence-corrected chi connectivity index (χ1v) is 24.0. The van der Waals surface area contributed by atoms with Crippen LogP contribution in [-0.4, -0.2) is 100 Å². The average Bonchev–Trinajstić information content (AvgIpc) is 3.65. The van der Waals surface area contributed by atoms with E-state index in [0.717, 1.165) is 54.2 Å². The van der Waals surface area contributed by atoms with Crippen LogP contribution >= 0.6 is 0 Å². The number of piperidine rings is 2. The van der Waals surface area contributed by atoms with Crippen LogP contribution < -0.4 is 26.3 Å². The molecule has 0 radical (unpaired) electrons. The maximum Gasteiger partial charge on any atom is 0.314 e. The molecule has 60 heavy (non-hydrogen) atoms. The second kappa shape index (κ2) is 19.6. The number of methoxy groups -OCH3 is 2. The second-order valence-electron chi connectivity index (χ2n) is 17.1. The molecule has 0 aromatic carbocycles. The number of fused-ring (bicyclic) bond motifs is 1. The van der Waals surface area contributed by atoms with Crippen molar-refractivity contribution in [3.63, 3.8) is 0 Å². The molecule has 6 rings (SSSR count). The predicted octanol–water partition coefficient (Wildman–Crippen LogP) is 5.16. The molecule has 6 heterocycles. The van der Waals surface area contributed by atoms with Gasteiger partial charge in [0.15, 0.2) is 0 Å². The third-order valence-electron chi connectivity index (χ3n) is 11.1. The Morgan fingerprint density at radius 1 is 0.800 bits per heavy atom. The van der Waals surface area contributed by atoms with Crippen LogP contribution in [0, 0.1) is 25.7 Å². The molecule has 0 saturated carbocycles. The van der Waals surface area contributed by atoms with Crippen LogP contribution in [0.25, 0.3) is 10.9 Å². The van der Waals surface area contributed by atoms with Gasteiger partial charge in [-0.05, 0) is 80.7 Å². The Balaban J connectivity index is 0.000000274. The van der Waals surface area contributed by atoms with Gasteiger partial charge in [-0.2, -0.15) is 5.10 Å². The minimum Gasteiger partial charge on any atom is -0.495 e. The third-order valence-corrected chi connectivity index (χ3v) is 12.8. The van der Waals surface area contributed by atoms with Crippen LogP contribution in [0.4, 0.5) is 11.5 Å². The third kappa shape index (κ3) is 10.9.